The third-order valence-corrected chi connectivity index (χ3v) is 3.79. The zero-order chi connectivity index (χ0) is 14.6. The molecule has 6 nitrogen and oxygen atoms in total. The van der Waals surface area contributed by atoms with Crippen molar-refractivity contribution in [2.24, 2.45) is 5.92 Å². The van der Waals surface area contributed by atoms with E-state index in [1.807, 2.05) is 0 Å². The van der Waals surface area contributed by atoms with Gasteiger partial charge >= 0.3 is 0 Å². The van der Waals surface area contributed by atoms with Crippen LogP contribution in [0.2, 0.25) is 0 Å². The molecule has 1 heterocycles. The summed E-state index contributed by atoms with van der Waals surface area (Å²) in [5.41, 5.74) is -0.387. The molecule has 1 aliphatic rings. The van der Waals surface area contributed by atoms with Crippen molar-refractivity contribution >= 4 is 11.7 Å². The van der Waals surface area contributed by atoms with Crippen molar-refractivity contribution in [3.8, 4) is 0 Å². The third kappa shape index (κ3) is 3.66. The molecule has 3 N–H and O–H groups in total. The largest absolute Gasteiger partial charge is 0.388 e. The van der Waals surface area contributed by atoms with Gasteiger partial charge in [-0.05, 0) is 30.9 Å². The third-order valence-electron chi connectivity index (χ3n) is 3.79. The highest BCUT2D eigenvalue weighted by molar-refractivity contribution is 5.91. The number of aliphatic hydroxyl groups is 1. The van der Waals surface area contributed by atoms with Crippen LogP contribution in [0.25, 0.3) is 0 Å². The van der Waals surface area contributed by atoms with Crippen LogP contribution in [0, 0.1) is 5.92 Å². The summed E-state index contributed by atoms with van der Waals surface area (Å²) in [6.07, 6.45) is 3.86. The highest BCUT2D eigenvalue weighted by Gasteiger charge is 2.32. The molecule has 1 amide bonds. The van der Waals surface area contributed by atoms with E-state index >= 15 is 0 Å². The maximum atomic E-state index is 11.3. The molecule has 2 unspecified atom stereocenters. The predicted octanol–water partition coefficient (Wildman–Crippen LogP) is 1.19. The second-order valence-corrected chi connectivity index (χ2v) is 5.66. The van der Waals surface area contributed by atoms with E-state index in [9.17, 15) is 9.90 Å². The van der Waals surface area contributed by atoms with Crippen LogP contribution in [-0.2, 0) is 0 Å². The molecule has 20 heavy (non-hydrogen) atoms. The highest BCUT2D eigenvalue weighted by atomic mass is 16.3. The summed E-state index contributed by atoms with van der Waals surface area (Å²) in [7, 11) is 1.55. The van der Waals surface area contributed by atoms with E-state index in [0.717, 1.165) is 19.3 Å². The van der Waals surface area contributed by atoms with Gasteiger partial charge in [0.25, 0.3) is 5.91 Å². The number of rotatable bonds is 4. The molecule has 0 aromatic carbocycles. The fraction of sp³-hybridized carbons (Fsp3) is 0.643. The van der Waals surface area contributed by atoms with Gasteiger partial charge in [0.1, 0.15) is 5.82 Å². The van der Waals surface area contributed by atoms with Crippen molar-refractivity contribution in [2.45, 2.75) is 38.2 Å². The summed E-state index contributed by atoms with van der Waals surface area (Å²) in [6.45, 7) is 2.63. The van der Waals surface area contributed by atoms with Gasteiger partial charge in [0.15, 0.2) is 5.69 Å². The monoisotopic (exact) mass is 278 g/mol. The minimum Gasteiger partial charge on any atom is -0.388 e. The number of amides is 1. The van der Waals surface area contributed by atoms with Gasteiger partial charge in [-0.15, -0.1) is 10.2 Å². The SMILES string of the molecule is CNC(=O)c1ccc(NCC2(O)CCCC(C)C2)nn1. The Labute approximate surface area is 119 Å². The topological polar surface area (TPSA) is 87.1 Å². The lowest BCUT2D eigenvalue weighted by Gasteiger charge is -2.35. The van der Waals surface area contributed by atoms with Crippen LogP contribution >= 0.6 is 0 Å². The number of nitrogens with one attached hydrogen (secondary N) is 2. The van der Waals surface area contributed by atoms with Crippen LogP contribution in [0.1, 0.15) is 43.1 Å². The Morgan fingerprint density at radius 2 is 2.30 bits per heavy atom. The van der Waals surface area contributed by atoms with Gasteiger partial charge in [-0.2, -0.15) is 0 Å². The second-order valence-electron chi connectivity index (χ2n) is 5.66. The smallest absolute Gasteiger partial charge is 0.271 e. The molecule has 1 aromatic heterocycles. The zero-order valence-corrected chi connectivity index (χ0v) is 12.0. The molecule has 6 heteroatoms. The molecule has 1 saturated carbocycles. The first-order valence-corrected chi connectivity index (χ1v) is 7.04. The van der Waals surface area contributed by atoms with Gasteiger partial charge in [0.2, 0.25) is 0 Å². The normalized spacial score (nSPS) is 26.1. The van der Waals surface area contributed by atoms with E-state index in [0.29, 0.717) is 18.3 Å². The number of aromatic nitrogens is 2. The number of anilines is 1. The van der Waals surface area contributed by atoms with Gasteiger partial charge in [-0.25, -0.2) is 0 Å². The Kier molecular flexibility index (Phi) is 4.54. The fourth-order valence-electron chi connectivity index (χ4n) is 2.72. The van der Waals surface area contributed by atoms with Crippen LogP contribution in [0.5, 0.6) is 0 Å². The average Bonchev–Trinajstić information content (AvgIpc) is 2.45. The van der Waals surface area contributed by atoms with E-state index < -0.39 is 5.60 Å². The van der Waals surface area contributed by atoms with Crippen LogP contribution < -0.4 is 10.6 Å². The Morgan fingerprint density at radius 3 is 2.90 bits per heavy atom. The number of nitrogens with zero attached hydrogens (tertiary/aromatic N) is 2. The summed E-state index contributed by atoms with van der Waals surface area (Å²) in [4.78, 5) is 11.3. The zero-order valence-electron chi connectivity index (χ0n) is 12.0. The Bertz CT molecular complexity index is 463. The van der Waals surface area contributed by atoms with E-state index in [4.69, 9.17) is 0 Å². The number of carbonyl (C=O) groups excluding carboxylic acids is 1. The lowest BCUT2D eigenvalue weighted by atomic mass is 9.79. The van der Waals surface area contributed by atoms with E-state index in [2.05, 4.69) is 27.8 Å². The predicted molar refractivity (Wildman–Crippen MR) is 76.5 cm³/mol. The van der Waals surface area contributed by atoms with Crippen molar-refractivity contribution in [1.29, 1.82) is 0 Å². The van der Waals surface area contributed by atoms with Crippen molar-refractivity contribution in [2.75, 3.05) is 18.9 Å². The number of carbonyl (C=O) groups is 1. The van der Waals surface area contributed by atoms with Gasteiger partial charge in [-0.1, -0.05) is 19.8 Å². The molecule has 0 aliphatic heterocycles. The minimum atomic E-state index is -0.668. The Hall–Kier alpha value is -1.69. The summed E-state index contributed by atoms with van der Waals surface area (Å²) in [5, 5.41) is 23.9. The molecule has 110 valence electrons. The molecule has 1 aliphatic carbocycles. The Morgan fingerprint density at radius 1 is 1.50 bits per heavy atom. The van der Waals surface area contributed by atoms with Crippen molar-refractivity contribution < 1.29 is 9.90 Å². The van der Waals surface area contributed by atoms with Gasteiger partial charge < -0.3 is 15.7 Å². The van der Waals surface area contributed by atoms with Crippen LogP contribution in [0.15, 0.2) is 12.1 Å². The lowest BCUT2D eigenvalue weighted by molar-refractivity contribution is -0.000844. The second kappa shape index (κ2) is 6.17. The molecular weight excluding hydrogens is 256 g/mol. The van der Waals surface area contributed by atoms with E-state index in [1.54, 1.807) is 19.2 Å². The van der Waals surface area contributed by atoms with Crippen molar-refractivity contribution in [3.63, 3.8) is 0 Å². The molecule has 2 rings (SSSR count). The van der Waals surface area contributed by atoms with Gasteiger partial charge in [-0.3, -0.25) is 4.79 Å². The molecular formula is C14H22N4O2. The number of hydrogen-bond acceptors (Lipinski definition) is 5. The summed E-state index contributed by atoms with van der Waals surface area (Å²) >= 11 is 0. The van der Waals surface area contributed by atoms with Crippen molar-refractivity contribution in [3.05, 3.63) is 17.8 Å². The minimum absolute atomic E-state index is 0.260. The Balaban J connectivity index is 1.92. The summed E-state index contributed by atoms with van der Waals surface area (Å²) in [6, 6.07) is 3.31. The summed E-state index contributed by atoms with van der Waals surface area (Å²) < 4.78 is 0. The molecule has 0 radical (unpaired) electrons. The maximum Gasteiger partial charge on any atom is 0.271 e. The molecule has 1 aromatic rings. The van der Waals surface area contributed by atoms with Gasteiger partial charge in [0, 0.05) is 13.6 Å². The van der Waals surface area contributed by atoms with Crippen LogP contribution in [0.3, 0.4) is 0 Å². The number of hydrogen-bond donors (Lipinski definition) is 3. The first-order chi connectivity index (χ1) is 9.52. The fourth-order valence-corrected chi connectivity index (χ4v) is 2.72. The molecule has 1 fully saturated rings. The first-order valence-electron chi connectivity index (χ1n) is 7.04. The van der Waals surface area contributed by atoms with Crippen molar-refractivity contribution in [1.82, 2.24) is 15.5 Å². The van der Waals surface area contributed by atoms with Crippen LogP contribution in [0.4, 0.5) is 5.82 Å². The standard InChI is InChI=1S/C14H22N4O2/c1-10-4-3-7-14(20,8-10)9-16-12-6-5-11(17-18-12)13(19)15-2/h5-6,10,20H,3-4,7-9H2,1-2H3,(H,15,19)(H,16,18). The molecule has 0 saturated heterocycles. The highest BCUT2D eigenvalue weighted by Crippen LogP contribution is 2.32. The lowest BCUT2D eigenvalue weighted by Crippen LogP contribution is -2.41. The maximum absolute atomic E-state index is 11.3. The molecule has 0 bridgehead atoms. The first kappa shape index (κ1) is 14.7. The van der Waals surface area contributed by atoms with E-state index in [-0.39, 0.29) is 11.6 Å². The molecule has 2 atom stereocenters. The quantitative estimate of drug-likeness (QED) is 0.770. The van der Waals surface area contributed by atoms with E-state index in [1.165, 1.54) is 6.42 Å². The molecule has 0 spiro atoms. The summed E-state index contributed by atoms with van der Waals surface area (Å²) in [5.74, 6) is 0.866. The van der Waals surface area contributed by atoms with Crippen LogP contribution in [-0.4, -0.2) is 40.4 Å². The van der Waals surface area contributed by atoms with Gasteiger partial charge in [0.05, 0.1) is 5.60 Å². The average molecular weight is 278 g/mol.